The second-order valence-electron chi connectivity index (χ2n) is 7.69. The largest absolute Gasteiger partial charge is 0.393 e. The lowest BCUT2D eigenvalue weighted by atomic mass is 9.97. The highest BCUT2D eigenvalue weighted by Crippen LogP contribution is 2.37. The minimum atomic E-state index is -0.549. The lowest BCUT2D eigenvalue weighted by Gasteiger charge is -2.32. The molecular formula is C15H29N5O2S. The van der Waals surface area contributed by atoms with Gasteiger partial charge in [0.1, 0.15) is 0 Å². The zero-order chi connectivity index (χ0) is 17.3. The van der Waals surface area contributed by atoms with Crippen LogP contribution >= 0.6 is 11.8 Å². The highest BCUT2D eigenvalue weighted by Gasteiger charge is 2.35. The van der Waals surface area contributed by atoms with Crippen LogP contribution < -0.4 is 16.3 Å². The van der Waals surface area contributed by atoms with E-state index in [2.05, 4.69) is 21.4 Å². The summed E-state index contributed by atoms with van der Waals surface area (Å²) in [4.78, 5) is 12.6. The van der Waals surface area contributed by atoms with Crippen molar-refractivity contribution in [1.82, 2.24) is 21.4 Å². The van der Waals surface area contributed by atoms with E-state index < -0.39 is 4.75 Å². The lowest BCUT2D eigenvalue weighted by Crippen LogP contribution is -2.56. The Labute approximate surface area is 142 Å². The van der Waals surface area contributed by atoms with E-state index in [-0.39, 0.29) is 17.6 Å². The molecule has 0 spiro atoms. The second kappa shape index (κ2) is 6.86. The molecule has 1 aliphatic heterocycles. The smallest absolute Gasteiger partial charge is 0.242 e. The van der Waals surface area contributed by atoms with Crippen molar-refractivity contribution in [2.45, 2.75) is 81.9 Å². The number of hydrogen-bond donors (Lipinski definition) is 4. The predicted molar refractivity (Wildman–Crippen MR) is 93.4 cm³/mol. The van der Waals surface area contributed by atoms with Gasteiger partial charge in [0.25, 0.3) is 0 Å². The number of nitrogens with zero attached hydrogens (tertiary/aromatic N) is 2. The van der Waals surface area contributed by atoms with E-state index in [1.807, 2.05) is 34.6 Å². The van der Waals surface area contributed by atoms with Gasteiger partial charge in [-0.3, -0.25) is 15.5 Å². The van der Waals surface area contributed by atoms with Crippen molar-refractivity contribution < 1.29 is 9.90 Å². The summed E-state index contributed by atoms with van der Waals surface area (Å²) >= 11 is 1.68. The molecule has 0 aromatic heterocycles. The third-order valence-corrected chi connectivity index (χ3v) is 5.61. The first-order valence-electron chi connectivity index (χ1n) is 8.15. The van der Waals surface area contributed by atoms with E-state index in [1.165, 1.54) is 0 Å². The summed E-state index contributed by atoms with van der Waals surface area (Å²) < 4.78 is -0.549. The van der Waals surface area contributed by atoms with Gasteiger partial charge in [-0.25, -0.2) is 5.53 Å². The molecule has 0 radical (unpaired) electrons. The summed E-state index contributed by atoms with van der Waals surface area (Å²) in [6.45, 7) is 9.96. The summed E-state index contributed by atoms with van der Waals surface area (Å²) in [5.41, 5.74) is 5.73. The fraction of sp³-hybridized carbons (Fsp3) is 0.867. The molecule has 0 bridgehead atoms. The van der Waals surface area contributed by atoms with Gasteiger partial charge < -0.3 is 5.11 Å². The number of nitrogens with one attached hydrogen (secondary N) is 3. The zero-order valence-electron chi connectivity index (χ0n) is 14.6. The molecule has 2 rings (SSSR count). The van der Waals surface area contributed by atoms with Gasteiger partial charge in [-0.1, -0.05) is 0 Å². The first-order chi connectivity index (χ1) is 10.6. The SMILES string of the molecule is CC(C)(SC1CCC(O)CC1)C(=O)NC1=NNN(C(C)(C)C)N1. The minimum absolute atomic E-state index is 0.0718. The van der Waals surface area contributed by atoms with E-state index >= 15 is 0 Å². The van der Waals surface area contributed by atoms with Crippen LogP contribution in [0.4, 0.5) is 0 Å². The van der Waals surface area contributed by atoms with Crippen LogP contribution in [-0.4, -0.2) is 43.7 Å². The van der Waals surface area contributed by atoms with Crippen LogP contribution in [0.3, 0.4) is 0 Å². The van der Waals surface area contributed by atoms with Gasteiger partial charge in [0, 0.05) is 5.25 Å². The third-order valence-electron chi connectivity index (χ3n) is 4.03. The number of amides is 1. The predicted octanol–water partition coefficient (Wildman–Crippen LogP) is 1.31. The molecule has 132 valence electrons. The molecule has 0 unspecified atom stereocenters. The number of thioether (sulfide) groups is 1. The second-order valence-corrected chi connectivity index (χ2v) is 9.61. The van der Waals surface area contributed by atoms with E-state index in [0.29, 0.717) is 11.2 Å². The average molecular weight is 343 g/mol. The van der Waals surface area contributed by atoms with E-state index in [0.717, 1.165) is 25.7 Å². The average Bonchev–Trinajstić information content (AvgIpc) is 2.89. The molecule has 23 heavy (non-hydrogen) atoms. The molecule has 4 N–H and O–H groups in total. The van der Waals surface area contributed by atoms with Crippen LogP contribution in [0.2, 0.25) is 0 Å². The van der Waals surface area contributed by atoms with Crippen molar-refractivity contribution in [3.05, 3.63) is 0 Å². The molecule has 1 amide bonds. The molecule has 1 aliphatic carbocycles. The fourth-order valence-corrected chi connectivity index (χ4v) is 4.02. The number of carbonyl (C=O) groups excluding carboxylic acids is 1. The molecule has 0 aromatic rings. The molecule has 1 saturated carbocycles. The summed E-state index contributed by atoms with van der Waals surface area (Å²) in [6, 6.07) is 0. The number of aliphatic hydroxyl groups is 1. The van der Waals surface area contributed by atoms with Crippen LogP contribution in [-0.2, 0) is 4.79 Å². The number of carbonyl (C=O) groups is 1. The number of hydrazone groups is 1. The molecule has 7 nitrogen and oxygen atoms in total. The van der Waals surface area contributed by atoms with Gasteiger partial charge in [-0.2, -0.15) is 0 Å². The van der Waals surface area contributed by atoms with Gasteiger partial charge >= 0.3 is 0 Å². The summed E-state index contributed by atoms with van der Waals surface area (Å²) in [5.74, 6) is 0.343. The van der Waals surface area contributed by atoms with Crippen LogP contribution in [0.1, 0.15) is 60.3 Å². The van der Waals surface area contributed by atoms with Gasteiger partial charge in [0.15, 0.2) is 0 Å². The molecular weight excluding hydrogens is 314 g/mol. The normalized spacial score (nSPS) is 26.3. The van der Waals surface area contributed by atoms with Gasteiger partial charge in [0.2, 0.25) is 11.9 Å². The van der Waals surface area contributed by atoms with Gasteiger partial charge in [-0.05, 0) is 60.3 Å². The number of rotatable bonds is 3. The Morgan fingerprint density at radius 3 is 2.39 bits per heavy atom. The molecule has 0 saturated heterocycles. The lowest BCUT2D eigenvalue weighted by molar-refractivity contribution is -0.121. The van der Waals surface area contributed by atoms with E-state index in [1.54, 1.807) is 16.9 Å². The zero-order valence-corrected chi connectivity index (χ0v) is 15.5. The Balaban J connectivity index is 1.85. The molecule has 1 heterocycles. The van der Waals surface area contributed by atoms with Crippen molar-refractivity contribution >= 4 is 23.6 Å². The number of aliphatic hydroxyl groups excluding tert-OH is 1. The van der Waals surface area contributed by atoms with Crippen LogP contribution in [0, 0.1) is 0 Å². The van der Waals surface area contributed by atoms with E-state index in [9.17, 15) is 9.90 Å². The van der Waals surface area contributed by atoms with Crippen LogP contribution in [0.5, 0.6) is 0 Å². The van der Waals surface area contributed by atoms with Crippen molar-refractivity contribution in [1.29, 1.82) is 0 Å². The standard InChI is InChI=1S/C15H29N5O2S/c1-14(2,3)20-18-13(17-19-20)16-12(22)15(4,5)23-11-8-6-10(21)7-9-11/h10-11,19,21H,6-9H2,1-5H3,(H2,16,17,18,22). The Morgan fingerprint density at radius 2 is 1.87 bits per heavy atom. The van der Waals surface area contributed by atoms with E-state index in [4.69, 9.17) is 0 Å². The summed E-state index contributed by atoms with van der Waals surface area (Å²) in [7, 11) is 0. The quantitative estimate of drug-likeness (QED) is 0.618. The van der Waals surface area contributed by atoms with Crippen molar-refractivity contribution in [3.8, 4) is 0 Å². The molecule has 0 aromatic carbocycles. The molecule has 2 aliphatic rings. The number of hydrogen-bond acceptors (Lipinski definition) is 7. The molecule has 8 heteroatoms. The third kappa shape index (κ3) is 4.99. The highest BCUT2D eigenvalue weighted by atomic mass is 32.2. The Kier molecular flexibility index (Phi) is 5.48. The summed E-state index contributed by atoms with van der Waals surface area (Å²) in [5, 5.41) is 18.7. The maximum Gasteiger partial charge on any atom is 0.242 e. The maximum absolute atomic E-state index is 12.6. The van der Waals surface area contributed by atoms with Crippen molar-refractivity contribution in [3.63, 3.8) is 0 Å². The van der Waals surface area contributed by atoms with Crippen molar-refractivity contribution in [2.75, 3.05) is 0 Å². The minimum Gasteiger partial charge on any atom is -0.393 e. The number of hydrazine groups is 2. The Morgan fingerprint density at radius 1 is 1.26 bits per heavy atom. The monoisotopic (exact) mass is 343 g/mol. The first-order valence-corrected chi connectivity index (χ1v) is 9.03. The van der Waals surface area contributed by atoms with Crippen molar-refractivity contribution in [2.24, 2.45) is 5.10 Å². The van der Waals surface area contributed by atoms with Gasteiger partial charge in [0.05, 0.1) is 16.4 Å². The van der Waals surface area contributed by atoms with Gasteiger partial charge in [-0.15, -0.1) is 22.0 Å². The van der Waals surface area contributed by atoms with Crippen LogP contribution in [0.25, 0.3) is 0 Å². The Bertz CT molecular complexity index is 467. The first kappa shape index (κ1) is 18.4. The Hall–Kier alpha value is -0.990. The highest BCUT2D eigenvalue weighted by molar-refractivity contribution is 8.01. The topological polar surface area (TPSA) is 89.0 Å². The number of guanidine groups is 1. The molecule has 0 atom stereocenters. The maximum atomic E-state index is 12.6. The molecule has 1 fully saturated rings. The fourth-order valence-electron chi connectivity index (χ4n) is 2.52. The summed E-state index contributed by atoms with van der Waals surface area (Å²) in [6.07, 6.45) is 3.40. The van der Waals surface area contributed by atoms with Crippen LogP contribution in [0.15, 0.2) is 5.10 Å².